The smallest absolute Gasteiger partial charge is 0.320 e. The average molecular weight is 209 g/mol. The van der Waals surface area contributed by atoms with Crippen molar-refractivity contribution in [3.05, 3.63) is 21.9 Å². The molecule has 0 aromatic carbocycles. The summed E-state index contributed by atoms with van der Waals surface area (Å²) < 4.78 is 36.2. The van der Waals surface area contributed by atoms with E-state index in [1.54, 1.807) is 12.3 Å². The molecule has 74 valence electrons. The third-order valence-corrected chi connectivity index (χ3v) is 2.73. The molecule has 1 rings (SSSR count). The van der Waals surface area contributed by atoms with Crippen LogP contribution in [0.5, 0.6) is 0 Å². The second-order valence-corrected chi connectivity index (χ2v) is 3.68. The molecule has 1 aromatic heterocycles. The topological polar surface area (TPSA) is 26.0 Å². The van der Waals surface area contributed by atoms with E-state index < -0.39 is 12.2 Å². The van der Waals surface area contributed by atoms with E-state index in [1.165, 1.54) is 11.3 Å². The minimum absolute atomic E-state index is 0.126. The van der Waals surface area contributed by atoms with E-state index in [0.29, 0.717) is 5.56 Å². The largest absolute Gasteiger partial charge is 0.403 e. The van der Waals surface area contributed by atoms with Crippen LogP contribution < -0.4 is 5.73 Å². The molecule has 0 saturated carbocycles. The molecule has 5 heteroatoms. The summed E-state index contributed by atoms with van der Waals surface area (Å²) in [6.07, 6.45) is -4.42. The Morgan fingerprint density at radius 2 is 2.08 bits per heavy atom. The van der Waals surface area contributed by atoms with E-state index in [2.05, 4.69) is 0 Å². The molecule has 0 saturated heterocycles. The zero-order chi connectivity index (χ0) is 10.1. The van der Waals surface area contributed by atoms with Gasteiger partial charge < -0.3 is 5.73 Å². The summed E-state index contributed by atoms with van der Waals surface area (Å²) in [7, 11) is 0. The van der Waals surface area contributed by atoms with Crippen LogP contribution in [0.3, 0.4) is 0 Å². The fourth-order valence-corrected chi connectivity index (χ4v) is 1.82. The Kier molecular flexibility index (Phi) is 2.98. The van der Waals surface area contributed by atoms with Crippen molar-refractivity contribution in [2.75, 3.05) is 0 Å². The molecule has 0 fully saturated rings. The van der Waals surface area contributed by atoms with E-state index in [4.69, 9.17) is 5.73 Å². The van der Waals surface area contributed by atoms with Gasteiger partial charge in [0.2, 0.25) is 0 Å². The molecule has 1 nitrogen and oxygen atoms in total. The molecule has 1 unspecified atom stereocenters. The van der Waals surface area contributed by atoms with Crippen LogP contribution in [0.2, 0.25) is 0 Å². The summed E-state index contributed by atoms with van der Waals surface area (Å²) in [6.45, 7) is 1.79. The van der Waals surface area contributed by atoms with Crippen molar-refractivity contribution in [2.24, 2.45) is 5.73 Å². The number of alkyl halides is 3. The maximum Gasteiger partial charge on any atom is 0.403 e. The number of aryl methyl sites for hydroxylation is 1. The number of hydrogen-bond donors (Lipinski definition) is 1. The normalized spacial score (nSPS) is 14.5. The number of rotatable bonds is 2. The first-order valence-corrected chi connectivity index (χ1v) is 4.69. The average Bonchev–Trinajstić information content (AvgIpc) is 2.34. The standard InChI is InChI=1S/C8H10F3NS/c1-5-3-13-4-6(5)2-7(12)8(9,10)11/h3-4,7H,2,12H2,1H3. The van der Waals surface area contributed by atoms with E-state index in [-0.39, 0.29) is 6.42 Å². The third kappa shape index (κ3) is 2.70. The highest BCUT2D eigenvalue weighted by molar-refractivity contribution is 7.08. The van der Waals surface area contributed by atoms with Crippen LogP contribution in [0, 0.1) is 6.92 Å². The van der Waals surface area contributed by atoms with Gasteiger partial charge in [0.25, 0.3) is 0 Å². The van der Waals surface area contributed by atoms with E-state index in [1.807, 2.05) is 5.38 Å². The number of hydrogen-bond acceptors (Lipinski definition) is 2. The Hall–Kier alpha value is -0.550. The minimum Gasteiger partial charge on any atom is -0.320 e. The molecule has 0 aliphatic heterocycles. The summed E-state index contributed by atoms with van der Waals surface area (Å²) >= 11 is 1.40. The van der Waals surface area contributed by atoms with Crippen LogP contribution >= 0.6 is 11.3 Å². The molecule has 0 bridgehead atoms. The lowest BCUT2D eigenvalue weighted by Crippen LogP contribution is -2.39. The fraction of sp³-hybridized carbons (Fsp3) is 0.500. The predicted octanol–water partition coefficient (Wildman–Crippen LogP) is 2.49. The monoisotopic (exact) mass is 209 g/mol. The highest BCUT2D eigenvalue weighted by Crippen LogP contribution is 2.23. The number of thiophene rings is 1. The Labute approximate surface area is 78.4 Å². The molecule has 0 aliphatic rings. The van der Waals surface area contributed by atoms with Crippen LogP contribution in [-0.2, 0) is 6.42 Å². The zero-order valence-electron chi connectivity index (χ0n) is 7.06. The van der Waals surface area contributed by atoms with Crippen LogP contribution in [0.15, 0.2) is 10.8 Å². The molecule has 0 amide bonds. The predicted molar refractivity (Wildman–Crippen MR) is 46.8 cm³/mol. The van der Waals surface area contributed by atoms with Gasteiger partial charge in [-0.15, -0.1) is 0 Å². The summed E-state index contributed by atoms with van der Waals surface area (Å²) in [5.41, 5.74) is 6.56. The van der Waals surface area contributed by atoms with Gasteiger partial charge in [0.05, 0.1) is 0 Å². The van der Waals surface area contributed by atoms with Crippen LogP contribution in [-0.4, -0.2) is 12.2 Å². The van der Waals surface area contributed by atoms with Crippen molar-refractivity contribution in [3.8, 4) is 0 Å². The van der Waals surface area contributed by atoms with Crippen LogP contribution in [0.25, 0.3) is 0 Å². The lowest BCUT2D eigenvalue weighted by Gasteiger charge is -2.14. The van der Waals surface area contributed by atoms with Crippen molar-refractivity contribution >= 4 is 11.3 Å². The summed E-state index contributed by atoms with van der Waals surface area (Å²) in [5, 5.41) is 3.53. The fourth-order valence-electron chi connectivity index (χ4n) is 0.949. The van der Waals surface area contributed by atoms with Crippen molar-refractivity contribution < 1.29 is 13.2 Å². The molecule has 0 aliphatic carbocycles. The molecule has 1 aromatic rings. The van der Waals surface area contributed by atoms with E-state index in [0.717, 1.165) is 5.56 Å². The van der Waals surface area contributed by atoms with Gasteiger partial charge in [0, 0.05) is 0 Å². The minimum atomic E-state index is -4.30. The molecule has 13 heavy (non-hydrogen) atoms. The van der Waals surface area contributed by atoms with Gasteiger partial charge in [-0.3, -0.25) is 0 Å². The first-order chi connectivity index (χ1) is 5.91. The van der Waals surface area contributed by atoms with E-state index >= 15 is 0 Å². The lowest BCUT2D eigenvalue weighted by molar-refractivity contribution is -0.147. The molecule has 0 radical (unpaired) electrons. The first kappa shape index (κ1) is 10.5. The Bertz CT molecular complexity index is 279. The number of halogens is 3. The molecular formula is C8H10F3NS. The zero-order valence-corrected chi connectivity index (χ0v) is 7.88. The van der Waals surface area contributed by atoms with E-state index in [9.17, 15) is 13.2 Å². The SMILES string of the molecule is Cc1cscc1CC(N)C(F)(F)F. The van der Waals surface area contributed by atoms with Crippen molar-refractivity contribution in [2.45, 2.75) is 25.6 Å². The Balaban J connectivity index is 2.65. The van der Waals surface area contributed by atoms with Gasteiger partial charge in [0.15, 0.2) is 0 Å². The summed E-state index contributed by atoms with van der Waals surface area (Å²) in [4.78, 5) is 0. The lowest BCUT2D eigenvalue weighted by atomic mass is 10.1. The molecule has 1 heterocycles. The number of nitrogens with two attached hydrogens (primary N) is 1. The van der Waals surface area contributed by atoms with Crippen LogP contribution in [0.1, 0.15) is 11.1 Å². The summed E-state index contributed by atoms with van der Waals surface area (Å²) in [6, 6.07) is -1.75. The quantitative estimate of drug-likeness (QED) is 0.795. The van der Waals surface area contributed by atoms with Gasteiger partial charge in [-0.1, -0.05) is 0 Å². The Morgan fingerprint density at radius 1 is 1.46 bits per heavy atom. The van der Waals surface area contributed by atoms with Gasteiger partial charge in [-0.2, -0.15) is 24.5 Å². The second kappa shape index (κ2) is 3.67. The van der Waals surface area contributed by atoms with Crippen molar-refractivity contribution in [1.82, 2.24) is 0 Å². The highest BCUT2D eigenvalue weighted by atomic mass is 32.1. The van der Waals surface area contributed by atoms with Crippen molar-refractivity contribution in [1.29, 1.82) is 0 Å². The molecule has 0 spiro atoms. The second-order valence-electron chi connectivity index (χ2n) is 2.93. The molecule has 2 N–H and O–H groups in total. The van der Waals surface area contributed by atoms with Gasteiger partial charge in [-0.05, 0) is 35.2 Å². The summed E-state index contributed by atoms with van der Waals surface area (Å²) in [5.74, 6) is 0. The Morgan fingerprint density at radius 3 is 2.46 bits per heavy atom. The molecule has 1 atom stereocenters. The first-order valence-electron chi connectivity index (χ1n) is 3.75. The van der Waals surface area contributed by atoms with Gasteiger partial charge in [0.1, 0.15) is 6.04 Å². The highest BCUT2D eigenvalue weighted by Gasteiger charge is 2.36. The van der Waals surface area contributed by atoms with Gasteiger partial charge >= 0.3 is 6.18 Å². The van der Waals surface area contributed by atoms with Gasteiger partial charge in [-0.25, -0.2) is 0 Å². The maximum absolute atomic E-state index is 12.1. The maximum atomic E-state index is 12.1. The van der Waals surface area contributed by atoms with Crippen LogP contribution in [0.4, 0.5) is 13.2 Å². The molecular weight excluding hydrogens is 199 g/mol. The van der Waals surface area contributed by atoms with Crippen molar-refractivity contribution in [3.63, 3.8) is 0 Å². The third-order valence-electron chi connectivity index (χ3n) is 1.82.